The number of aryl methyl sites for hydroxylation is 1. The third kappa shape index (κ3) is 3.74. The number of carbonyl (C=O) groups is 1. The first-order chi connectivity index (χ1) is 9.58. The largest absolute Gasteiger partial charge is 0.396 e. The third-order valence-electron chi connectivity index (χ3n) is 4.48. The van der Waals surface area contributed by atoms with Crippen molar-refractivity contribution in [1.82, 2.24) is 4.90 Å². The van der Waals surface area contributed by atoms with E-state index in [9.17, 15) is 9.90 Å². The Morgan fingerprint density at radius 3 is 2.65 bits per heavy atom. The van der Waals surface area contributed by atoms with Crippen molar-refractivity contribution in [2.45, 2.75) is 39.0 Å². The Hall–Kier alpha value is -0.580. The highest BCUT2D eigenvalue weighted by atomic mass is 35.5. The number of hydrogen-bond donors (Lipinski definition) is 1. The second kappa shape index (κ2) is 6.92. The number of aliphatic hydroxyl groups excluding tert-OH is 1. The Morgan fingerprint density at radius 2 is 2.15 bits per heavy atom. The fraction of sp³-hybridized carbons (Fsp3) is 0.667. The minimum Gasteiger partial charge on any atom is -0.396 e. The first kappa shape index (κ1) is 15.8. The molecule has 5 heteroatoms. The Balaban J connectivity index is 1.80. The van der Waals surface area contributed by atoms with Crippen LogP contribution in [0.1, 0.15) is 37.5 Å². The lowest BCUT2D eigenvalue weighted by molar-refractivity contribution is -0.134. The summed E-state index contributed by atoms with van der Waals surface area (Å²) in [6.45, 7) is 3.91. The summed E-state index contributed by atoms with van der Waals surface area (Å²) in [5.41, 5.74) is 0.0397. The second-order valence-corrected chi connectivity index (χ2v) is 7.40. The molecule has 3 nitrogen and oxygen atoms in total. The summed E-state index contributed by atoms with van der Waals surface area (Å²) in [7, 11) is 0. The van der Waals surface area contributed by atoms with Gasteiger partial charge in [-0.25, -0.2) is 0 Å². The van der Waals surface area contributed by atoms with Crippen molar-refractivity contribution in [2.75, 3.05) is 19.7 Å². The topological polar surface area (TPSA) is 40.5 Å². The Morgan fingerprint density at radius 1 is 1.45 bits per heavy atom. The average Bonchev–Trinajstić information content (AvgIpc) is 2.90. The Bertz CT molecular complexity index is 446. The van der Waals surface area contributed by atoms with Gasteiger partial charge in [0, 0.05) is 31.0 Å². The van der Waals surface area contributed by atoms with Crippen LogP contribution in [0.2, 0.25) is 4.34 Å². The standard InChI is InChI=1S/C15H22ClNO2S/c1-2-15(11-18)7-9-17(10-8-15)14(19)6-4-12-3-5-13(16)20-12/h3,5,18H,2,4,6-11H2,1H3. The van der Waals surface area contributed by atoms with E-state index < -0.39 is 0 Å². The molecule has 1 amide bonds. The molecule has 0 aromatic carbocycles. The molecule has 20 heavy (non-hydrogen) atoms. The summed E-state index contributed by atoms with van der Waals surface area (Å²) >= 11 is 7.43. The first-order valence-corrected chi connectivity index (χ1v) is 8.41. The van der Waals surface area contributed by atoms with Gasteiger partial charge in [0.15, 0.2) is 0 Å². The van der Waals surface area contributed by atoms with Crippen molar-refractivity contribution in [3.63, 3.8) is 0 Å². The molecule has 2 heterocycles. The molecule has 1 saturated heterocycles. The number of likely N-dealkylation sites (tertiary alicyclic amines) is 1. The van der Waals surface area contributed by atoms with Crippen LogP contribution < -0.4 is 0 Å². The number of amides is 1. The van der Waals surface area contributed by atoms with E-state index in [1.54, 1.807) is 11.3 Å². The molecule has 2 rings (SSSR count). The van der Waals surface area contributed by atoms with Gasteiger partial charge in [-0.2, -0.15) is 0 Å². The molecule has 0 atom stereocenters. The minimum absolute atomic E-state index is 0.0397. The smallest absolute Gasteiger partial charge is 0.222 e. The average molecular weight is 316 g/mol. The van der Waals surface area contributed by atoms with E-state index >= 15 is 0 Å². The number of aliphatic hydroxyl groups is 1. The van der Waals surface area contributed by atoms with Crippen LogP contribution in [-0.4, -0.2) is 35.6 Å². The van der Waals surface area contributed by atoms with Crippen molar-refractivity contribution >= 4 is 28.8 Å². The highest BCUT2D eigenvalue weighted by molar-refractivity contribution is 7.16. The molecule has 0 saturated carbocycles. The summed E-state index contributed by atoms with van der Waals surface area (Å²) in [5.74, 6) is 0.220. The van der Waals surface area contributed by atoms with E-state index in [0.29, 0.717) is 6.42 Å². The summed E-state index contributed by atoms with van der Waals surface area (Å²) < 4.78 is 0.779. The molecular formula is C15H22ClNO2S. The molecule has 1 aliphatic heterocycles. The number of thiophene rings is 1. The maximum atomic E-state index is 12.2. The van der Waals surface area contributed by atoms with E-state index in [-0.39, 0.29) is 17.9 Å². The van der Waals surface area contributed by atoms with Gasteiger partial charge in [-0.1, -0.05) is 18.5 Å². The van der Waals surface area contributed by atoms with Gasteiger partial charge in [-0.15, -0.1) is 11.3 Å². The first-order valence-electron chi connectivity index (χ1n) is 7.21. The maximum absolute atomic E-state index is 12.2. The summed E-state index contributed by atoms with van der Waals surface area (Å²) in [5, 5.41) is 9.51. The summed E-state index contributed by atoms with van der Waals surface area (Å²) in [6, 6.07) is 3.87. The number of nitrogens with zero attached hydrogens (tertiary/aromatic N) is 1. The quantitative estimate of drug-likeness (QED) is 0.905. The van der Waals surface area contributed by atoms with Crippen LogP contribution in [0.3, 0.4) is 0 Å². The van der Waals surface area contributed by atoms with Gasteiger partial charge in [0.1, 0.15) is 0 Å². The highest BCUT2D eigenvalue weighted by Crippen LogP contribution is 2.34. The van der Waals surface area contributed by atoms with E-state index in [2.05, 4.69) is 6.92 Å². The fourth-order valence-corrected chi connectivity index (χ4v) is 3.82. The van der Waals surface area contributed by atoms with Gasteiger partial charge in [0.05, 0.1) is 4.34 Å². The molecule has 1 aromatic rings. The number of hydrogen-bond acceptors (Lipinski definition) is 3. The molecular weight excluding hydrogens is 294 g/mol. The highest BCUT2D eigenvalue weighted by Gasteiger charge is 2.33. The van der Waals surface area contributed by atoms with E-state index in [1.165, 1.54) is 4.88 Å². The molecule has 0 spiro atoms. The SMILES string of the molecule is CCC1(CO)CCN(C(=O)CCc2ccc(Cl)s2)CC1. The normalized spacial score (nSPS) is 18.2. The third-order valence-corrected chi connectivity index (χ3v) is 5.77. The Kier molecular flexibility index (Phi) is 5.47. The predicted octanol–water partition coefficient (Wildman–Crippen LogP) is 3.35. The lowest BCUT2D eigenvalue weighted by atomic mass is 9.77. The van der Waals surface area contributed by atoms with Gasteiger partial charge in [-0.3, -0.25) is 4.79 Å². The van der Waals surface area contributed by atoms with Crippen LogP contribution in [0.15, 0.2) is 12.1 Å². The van der Waals surface area contributed by atoms with Gasteiger partial charge in [0.25, 0.3) is 0 Å². The summed E-state index contributed by atoms with van der Waals surface area (Å²) in [6.07, 6.45) is 4.13. The molecule has 112 valence electrons. The zero-order valence-electron chi connectivity index (χ0n) is 11.9. The van der Waals surface area contributed by atoms with Crippen LogP contribution >= 0.6 is 22.9 Å². The van der Waals surface area contributed by atoms with Gasteiger partial charge >= 0.3 is 0 Å². The van der Waals surface area contributed by atoms with Gasteiger partial charge in [-0.05, 0) is 43.2 Å². The number of piperidine rings is 1. The molecule has 0 radical (unpaired) electrons. The molecule has 0 unspecified atom stereocenters. The van der Waals surface area contributed by atoms with E-state index in [0.717, 1.165) is 43.1 Å². The second-order valence-electron chi connectivity index (χ2n) is 5.60. The predicted molar refractivity (Wildman–Crippen MR) is 83.3 cm³/mol. The van der Waals surface area contributed by atoms with Gasteiger partial charge in [0.2, 0.25) is 5.91 Å². The van der Waals surface area contributed by atoms with Crippen molar-refractivity contribution in [3.8, 4) is 0 Å². The number of carbonyl (C=O) groups excluding carboxylic acids is 1. The van der Waals surface area contributed by atoms with Crippen molar-refractivity contribution < 1.29 is 9.90 Å². The molecule has 1 aromatic heterocycles. The lowest BCUT2D eigenvalue weighted by Crippen LogP contribution is -2.44. The maximum Gasteiger partial charge on any atom is 0.222 e. The van der Waals surface area contributed by atoms with Crippen LogP contribution in [0.4, 0.5) is 0 Å². The van der Waals surface area contributed by atoms with Gasteiger partial charge < -0.3 is 10.0 Å². The number of rotatable bonds is 5. The Labute approximate surface area is 129 Å². The monoisotopic (exact) mass is 315 g/mol. The zero-order valence-corrected chi connectivity index (χ0v) is 13.5. The van der Waals surface area contributed by atoms with Crippen LogP contribution in [-0.2, 0) is 11.2 Å². The van der Waals surface area contributed by atoms with Crippen molar-refractivity contribution in [3.05, 3.63) is 21.3 Å². The lowest BCUT2D eigenvalue weighted by Gasteiger charge is -2.40. The number of halogens is 1. The molecule has 0 bridgehead atoms. The van der Waals surface area contributed by atoms with E-state index in [4.69, 9.17) is 11.6 Å². The summed E-state index contributed by atoms with van der Waals surface area (Å²) in [4.78, 5) is 15.3. The van der Waals surface area contributed by atoms with Crippen LogP contribution in [0.5, 0.6) is 0 Å². The zero-order chi connectivity index (χ0) is 14.6. The van der Waals surface area contributed by atoms with Crippen molar-refractivity contribution in [2.24, 2.45) is 5.41 Å². The molecule has 0 aliphatic carbocycles. The molecule has 1 N–H and O–H groups in total. The molecule has 1 aliphatic rings. The minimum atomic E-state index is 0.0397. The fourth-order valence-electron chi connectivity index (χ4n) is 2.73. The van der Waals surface area contributed by atoms with Crippen LogP contribution in [0, 0.1) is 5.41 Å². The van der Waals surface area contributed by atoms with Crippen molar-refractivity contribution in [1.29, 1.82) is 0 Å². The molecule has 1 fully saturated rings. The van der Waals surface area contributed by atoms with Crippen LogP contribution in [0.25, 0.3) is 0 Å². The van der Waals surface area contributed by atoms with E-state index in [1.807, 2.05) is 17.0 Å².